The zero-order valence-corrected chi connectivity index (χ0v) is 9.00. The number of rotatable bonds is 6. The molecule has 1 heterocycles. The summed E-state index contributed by atoms with van der Waals surface area (Å²) in [7, 11) is 0. The normalized spacial score (nSPS) is 12.3. The van der Waals surface area contributed by atoms with E-state index in [2.05, 4.69) is 0 Å². The average Bonchev–Trinajstić information content (AvgIpc) is 2.70. The highest BCUT2D eigenvalue weighted by Gasteiger charge is 2.12. The Kier molecular flexibility index (Phi) is 4.45. The molecule has 3 N–H and O–H groups in total. The van der Waals surface area contributed by atoms with Crippen molar-refractivity contribution < 1.29 is 14.7 Å². The lowest BCUT2D eigenvalue weighted by Gasteiger charge is -2.04. The zero-order chi connectivity index (χ0) is 11.3. The quantitative estimate of drug-likeness (QED) is 0.722. The second-order valence-corrected chi connectivity index (χ2v) is 4.19. The molecule has 15 heavy (non-hydrogen) atoms. The van der Waals surface area contributed by atoms with E-state index < -0.39 is 12.0 Å². The summed E-state index contributed by atoms with van der Waals surface area (Å²) in [5, 5.41) is 10.4. The van der Waals surface area contributed by atoms with Gasteiger partial charge in [0, 0.05) is 6.42 Å². The molecule has 0 saturated heterocycles. The maximum atomic E-state index is 11.5. The summed E-state index contributed by atoms with van der Waals surface area (Å²) in [6.07, 6.45) is 1.22. The second kappa shape index (κ2) is 5.63. The van der Waals surface area contributed by atoms with E-state index in [-0.39, 0.29) is 5.78 Å². The van der Waals surface area contributed by atoms with E-state index in [1.54, 1.807) is 6.07 Å². The first-order chi connectivity index (χ1) is 7.11. The third kappa shape index (κ3) is 3.81. The van der Waals surface area contributed by atoms with Gasteiger partial charge in [-0.05, 0) is 24.3 Å². The lowest BCUT2D eigenvalue weighted by Crippen LogP contribution is -2.29. The Bertz CT molecular complexity index is 334. The topological polar surface area (TPSA) is 80.4 Å². The number of Topliss-reactive ketones (excluding diaryl/α,β-unsaturated/α-hetero) is 1. The molecular weight excluding hydrogens is 214 g/mol. The Balaban J connectivity index is 2.27. The smallest absolute Gasteiger partial charge is 0.320 e. The minimum atomic E-state index is -1.02. The molecule has 0 fully saturated rings. The van der Waals surface area contributed by atoms with Crippen LogP contribution in [0.3, 0.4) is 0 Å². The summed E-state index contributed by atoms with van der Waals surface area (Å²) in [5.41, 5.74) is 5.31. The molecule has 0 aromatic carbocycles. The molecule has 82 valence electrons. The average molecular weight is 227 g/mol. The van der Waals surface area contributed by atoms with Crippen molar-refractivity contribution in [1.82, 2.24) is 0 Å². The van der Waals surface area contributed by atoms with Gasteiger partial charge in [-0.15, -0.1) is 11.3 Å². The van der Waals surface area contributed by atoms with Crippen LogP contribution in [0.5, 0.6) is 0 Å². The highest BCUT2D eigenvalue weighted by atomic mass is 32.1. The monoisotopic (exact) mass is 227 g/mol. The maximum Gasteiger partial charge on any atom is 0.320 e. The number of nitrogens with two attached hydrogens (primary N) is 1. The maximum absolute atomic E-state index is 11.5. The number of ketones is 1. The van der Waals surface area contributed by atoms with Gasteiger partial charge in [-0.1, -0.05) is 6.07 Å². The molecule has 0 radical (unpaired) electrons. The van der Waals surface area contributed by atoms with Crippen LogP contribution in [-0.2, 0) is 4.79 Å². The van der Waals surface area contributed by atoms with Crippen LogP contribution in [0.25, 0.3) is 0 Å². The van der Waals surface area contributed by atoms with Crippen molar-refractivity contribution >= 4 is 23.1 Å². The summed E-state index contributed by atoms with van der Waals surface area (Å²) in [4.78, 5) is 22.6. The summed E-state index contributed by atoms with van der Waals surface area (Å²) in [6, 6.07) is 2.73. The molecular formula is C10H13NO3S. The first-order valence-corrected chi connectivity index (χ1v) is 5.54. The number of carbonyl (C=O) groups is 2. The van der Waals surface area contributed by atoms with Crippen molar-refractivity contribution in [2.45, 2.75) is 25.3 Å². The molecule has 1 rings (SSSR count). The van der Waals surface area contributed by atoms with Crippen molar-refractivity contribution in [1.29, 1.82) is 0 Å². The molecule has 1 atom stereocenters. The van der Waals surface area contributed by atoms with Crippen LogP contribution in [0.1, 0.15) is 28.9 Å². The van der Waals surface area contributed by atoms with E-state index >= 15 is 0 Å². The first-order valence-electron chi connectivity index (χ1n) is 4.66. The van der Waals surface area contributed by atoms with Crippen LogP contribution >= 0.6 is 11.3 Å². The van der Waals surface area contributed by atoms with Crippen LogP contribution in [0.4, 0.5) is 0 Å². The van der Waals surface area contributed by atoms with Crippen LogP contribution in [0.15, 0.2) is 17.5 Å². The largest absolute Gasteiger partial charge is 0.480 e. The number of carboxylic acids is 1. The summed E-state index contributed by atoms with van der Waals surface area (Å²) < 4.78 is 0. The van der Waals surface area contributed by atoms with Crippen LogP contribution in [-0.4, -0.2) is 22.9 Å². The predicted molar refractivity (Wildman–Crippen MR) is 58.1 cm³/mol. The lowest BCUT2D eigenvalue weighted by molar-refractivity contribution is -0.138. The van der Waals surface area contributed by atoms with Gasteiger partial charge in [0.05, 0.1) is 4.88 Å². The van der Waals surface area contributed by atoms with Gasteiger partial charge in [-0.2, -0.15) is 0 Å². The van der Waals surface area contributed by atoms with E-state index in [0.29, 0.717) is 19.3 Å². The lowest BCUT2D eigenvalue weighted by atomic mass is 10.1. The number of hydrogen-bond donors (Lipinski definition) is 2. The standard InChI is InChI=1S/C10H13NO3S/c11-7(10(13)14)3-1-4-8(12)9-5-2-6-15-9/h2,5-7H,1,3-4,11H2,(H,13,14). The van der Waals surface area contributed by atoms with Crippen molar-refractivity contribution in [3.05, 3.63) is 22.4 Å². The van der Waals surface area contributed by atoms with E-state index in [1.165, 1.54) is 11.3 Å². The molecule has 4 nitrogen and oxygen atoms in total. The Hall–Kier alpha value is -1.20. The van der Waals surface area contributed by atoms with E-state index in [9.17, 15) is 9.59 Å². The molecule has 0 saturated carbocycles. The van der Waals surface area contributed by atoms with E-state index in [0.717, 1.165) is 4.88 Å². The molecule has 1 aromatic heterocycles. The van der Waals surface area contributed by atoms with Crippen molar-refractivity contribution in [3.63, 3.8) is 0 Å². The van der Waals surface area contributed by atoms with Crippen LogP contribution in [0, 0.1) is 0 Å². The molecule has 0 spiro atoms. The SMILES string of the molecule is NC(CCCC(=O)c1cccs1)C(=O)O. The van der Waals surface area contributed by atoms with Crippen molar-refractivity contribution in [2.24, 2.45) is 5.73 Å². The number of aliphatic carboxylic acids is 1. The zero-order valence-electron chi connectivity index (χ0n) is 8.18. The van der Waals surface area contributed by atoms with Gasteiger partial charge >= 0.3 is 5.97 Å². The molecule has 0 aliphatic heterocycles. The minimum absolute atomic E-state index is 0.0580. The number of hydrogen-bond acceptors (Lipinski definition) is 4. The molecule has 5 heteroatoms. The summed E-state index contributed by atoms with van der Waals surface area (Å²) in [6.45, 7) is 0. The minimum Gasteiger partial charge on any atom is -0.480 e. The van der Waals surface area contributed by atoms with Gasteiger partial charge in [0.25, 0.3) is 0 Å². The van der Waals surface area contributed by atoms with Gasteiger partial charge < -0.3 is 10.8 Å². The fourth-order valence-corrected chi connectivity index (χ4v) is 1.86. The van der Waals surface area contributed by atoms with Gasteiger partial charge in [0.1, 0.15) is 6.04 Å². The van der Waals surface area contributed by atoms with Gasteiger partial charge in [-0.3, -0.25) is 9.59 Å². The Morgan fingerprint density at radius 2 is 2.27 bits per heavy atom. The number of thiophene rings is 1. The third-order valence-electron chi connectivity index (χ3n) is 2.03. The highest BCUT2D eigenvalue weighted by molar-refractivity contribution is 7.12. The van der Waals surface area contributed by atoms with Crippen molar-refractivity contribution in [3.8, 4) is 0 Å². The molecule has 0 bridgehead atoms. The molecule has 1 unspecified atom stereocenters. The van der Waals surface area contributed by atoms with E-state index in [4.69, 9.17) is 10.8 Å². The Labute approximate surface area is 91.7 Å². The van der Waals surface area contributed by atoms with Gasteiger partial charge in [0.2, 0.25) is 0 Å². The van der Waals surface area contributed by atoms with Crippen LogP contribution in [0.2, 0.25) is 0 Å². The Morgan fingerprint density at radius 1 is 1.53 bits per heavy atom. The van der Waals surface area contributed by atoms with E-state index in [1.807, 2.05) is 11.4 Å². The first kappa shape index (κ1) is 11.9. The van der Waals surface area contributed by atoms with Gasteiger partial charge in [0.15, 0.2) is 5.78 Å². The van der Waals surface area contributed by atoms with Crippen molar-refractivity contribution in [2.75, 3.05) is 0 Å². The van der Waals surface area contributed by atoms with Gasteiger partial charge in [-0.25, -0.2) is 0 Å². The number of carboxylic acid groups (broad SMARTS) is 1. The fourth-order valence-electron chi connectivity index (χ4n) is 1.17. The van der Waals surface area contributed by atoms with Crippen LogP contribution < -0.4 is 5.73 Å². The summed E-state index contributed by atoms with van der Waals surface area (Å²) >= 11 is 1.40. The molecule has 1 aromatic rings. The second-order valence-electron chi connectivity index (χ2n) is 3.24. The fraction of sp³-hybridized carbons (Fsp3) is 0.400. The number of carbonyl (C=O) groups excluding carboxylic acids is 1. The molecule has 0 amide bonds. The predicted octanol–water partition coefficient (Wildman–Crippen LogP) is 1.51. The summed E-state index contributed by atoms with van der Waals surface area (Å²) in [5.74, 6) is -0.957. The highest BCUT2D eigenvalue weighted by Crippen LogP contribution is 2.13. The molecule has 0 aliphatic carbocycles. The Morgan fingerprint density at radius 3 is 2.80 bits per heavy atom. The third-order valence-corrected chi connectivity index (χ3v) is 2.94. The molecule has 0 aliphatic rings.